The Morgan fingerprint density at radius 1 is 1.02 bits per heavy atom. The number of nitrogens with zero attached hydrogens (tertiary/aromatic N) is 5. The molecule has 14 heteroatoms. The highest BCUT2D eigenvalue weighted by molar-refractivity contribution is 7.99. The highest BCUT2D eigenvalue weighted by Crippen LogP contribution is 2.39. The highest BCUT2D eigenvalue weighted by atomic mass is 32.2. The van der Waals surface area contributed by atoms with Gasteiger partial charge in [-0.2, -0.15) is 0 Å². The molecule has 0 saturated carbocycles. The zero-order valence-corrected chi connectivity index (χ0v) is 26.6. The molecule has 1 N–H and O–H groups in total. The van der Waals surface area contributed by atoms with Crippen LogP contribution in [0.3, 0.4) is 0 Å². The van der Waals surface area contributed by atoms with Crippen molar-refractivity contribution in [2.45, 2.75) is 63.4 Å². The Balaban J connectivity index is 1.96. The number of nitroso groups, excluding NO2 is 2. The number of amidine groups is 1. The van der Waals surface area contributed by atoms with Crippen molar-refractivity contribution < 1.29 is 24.2 Å². The van der Waals surface area contributed by atoms with Gasteiger partial charge in [0.25, 0.3) is 0 Å². The SMILES string of the molecule is Cc1ccc(N(CC2=NCCN2C(=O)OCCC(C)(C)SN=O)c2cccc(OC(=O)O)c2CCC(C)(C)SN=O)cc1. The van der Waals surface area contributed by atoms with Gasteiger partial charge in [-0.05, 0) is 78.1 Å². The molecule has 0 atom stereocenters. The van der Waals surface area contributed by atoms with Crippen molar-refractivity contribution >= 4 is 53.4 Å². The molecular formula is C29H37N5O7S2. The van der Waals surface area contributed by atoms with E-state index in [4.69, 9.17) is 9.47 Å². The molecular weight excluding hydrogens is 594 g/mol. The number of rotatable bonds is 15. The summed E-state index contributed by atoms with van der Waals surface area (Å²) in [7, 11) is 0. The van der Waals surface area contributed by atoms with Crippen molar-refractivity contribution in [3.63, 3.8) is 0 Å². The third-order valence-corrected chi connectivity index (χ3v) is 8.41. The Bertz CT molecular complexity index is 1340. The van der Waals surface area contributed by atoms with Crippen LogP contribution in [0.15, 0.2) is 56.6 Å². The van der Waals surface area contributed by atoms with Gasteiger partial charge in [-0.15, -0.1) is 9.81 Å². The topological polar surface area (TPSA) is 151 Å². The first-order valence-electron chi connectivity index (χ1n) is 13.7. The smallest absolute Gasteiger partial charge is 0.449 e. The number of aliphatic imine (C=N–C) groups is 1. The number of hydrogen-bond donors (Lipinski definition) is 1. The summed E-state index contributed by atoms with van der Waals surface area (Å²) in [6.45, 7) is 10.5. The predicted octanol–water partition coefficient (Wildman–Crippen LogP) is 7.75. The van der Waals surface area contributed by atoms with Gasteiger partial charge >= 0.3 is 12.2 Å². The zero-order valence-electron chi connectivity index (χ0n) is 24.9. The Morgan fingerprint density at radius 2 is 1.67 bits per heavy atom. The minimum atomic E-state index is -1.44. The van der Waals surface area contributed by atoms with Gasteiger partial charge in [0, 0.05) is 59.5 Å². The molecule has 3 rings (SSSR count). The number of hydrogen-bond acceptors (Lipinski definition) is 12. The van der Waals surface area contributed by atoms with Gasteiger partial charge in [0.1, 0.15) is 11.6 Å². The first-order valence-corrected chi connectivity index (χ1v) is 15.3. The summed E-state index contributed by atoms with van der Waals surface area (Å²) in [4.78, 5) is 54.4. The normalized spacial score (nSPS) is 13.3. The van der Waals surface area contributed by atoms with Gasteiger partial charge < -0.3 is 19.5 Å². The van der Waals surface area contributed by atoms with Crippen LogP contribution in [-0.4, -0.2) is 63.8 Å². The molecule has 1 aliphatic heterocycles. The summed E-state index contributed by atoms with van der Waals surface area (Å²) in [5, 5.41) is 9.46. The van der Waals surface area contributed by atoms with Crippen LogP contribution < -0.4 is 9.64 Å². The largest absolute Gasteiger partial charge is 0.511 e. The van der Waals surface area contributed by atoms with Gasteiger partial charge in [-0.25, -0.2) is 9.59 Å². The molecule has 0 radical (unpaired) electrons. The summed E-state index contributed by atoms with van der Waals surface area (Å²) in [6.07, 6.45) is -0.644. The van der Waals surface area contributed by atoms with E-state index in [2.05, 4.69) is 14.2 Å². The van der Waals surface area contributed by atoms with E-state index in [0.717, 1.165) is 35.1 Å². The van der Waals surface area contributed by atoms with E-state index in [1.54, 1.807) is 12.1 Å². The van der Waals surface area contributed by atoms with Gasteiger partial charge in [0.05, 0.1) is 26.2 Å². The molecule has 2 aromatic carbocycles. The van der Waals surface area contributed by atoms with Crippen LogP contribution in [0.4, 0.5) is 21.0 Å². The monoisotopic (exact) mass is 631 g/mol. The molecule has 0 aromatic heterocycles. The first-order chi connectivity index (χ1) is 20.4. The first kappa shape index (κ1) is 33.8. The standard InChI is InChI=1S/C29H37N5O7S2/c1-20-9-11-21(12-10-20)34(19-25-30-16-17-33(25)26(35)40-18-15-29(4,5)43-32-39)23-7-6-8-24(41-27(36)37)22(23)13-14-28(2,3)42-31-38/h6-12H,13-19H2,1-5H3,(H,36,37). The van der Waals surface area contributed by atoms with Crippen molar-refractivity contribution in [2.24, 2.45) is 14.2 Å². The van der Waals surface area contributed by atoms with Crippen molar-refractivity contribution in [2.75, 3.05) is 31.1 Å². The summed E-state index contributed by atoms with van der Waals surface area (Å²) in [6, 6.07) is 13.0. The maximum atomic E-state index is 13.1. The van der Waals surface area contributed by atoms with Gasteiger partial charge in [-0.1, -0.05) is 23.8 Å². The van der Waals surface area contributed by atoms with E-state index in [1.165, 1.54) is 4.90 Å². The Hall–Kier alpha value is -3.65. The zero-order chi connectivity index (χ0) is 31.6. The fourth-order valence-electron chi connectivity index (χ4n) is 4.44. The van der Waals surface area contributed by atoms with Crippen molar-refractivity contribution in [3.8, 4) is 5.75 Å². The quantitative estimate of drug-likeness (QED) is 0.0894. The second-order valence-electron chi connectivity index (χ2n) is 11.2. The summed E-state index contributed by atoms with van der Waals surface area (Å²) in [5.41, 5.74) is 3.15. The van der Waals surface area contributed by atoms with Crippen molar-refractivity contribution in [1.29, 1.82) is 0 Å². The molecule has 0 aliphatic carbocycles. The minimum absolute atomic E-state index is 0.113. The lowest BCUT2D eigenvalue weighted by molar-refractivity contribution is 0.121. The number of aryl methyl sites for hydroxylation is 1. The third-order valence-electron chi connectivity index (χ3n) is 6.87. The molecule has 0 bridgehead atoms. The second kappa shape index (κ2) is 15.2. The van der Waals surface area contributed by atoms with Crippen LogP contribution in [0.1, 0.15) is 51.7 Å². The van der Waals surface area contributed by atoms with Crippen LogP contribution in [0, 0.1) is 16.7 Å². The number of anilines is 2. The maximum absolute atomic E-state index is 13.1. The van der Waals surface area contributed by atoms with Crippen LogP contribution in [-0.2, 0) is 11.2 Å². The number of benzene rings is 2. The van der Waals surface area contributed by atoms with Crippen LogP contribution in [0.5, 0.6) is 5.75 Å². The Kier molecular flexibility index (Phi) is 12.0. The minimum Gasteiger partial charge on any atom is -0.449 e. The van der Waals surface area contributed by atoms with Crippen molar-refractivity contribution in [1.82, 2.24) is 4.90 Å². The summed E-state index contributed by atoms with van der Waals surface area (Å²) >= 11 is 1.83. The molecule has 43 heavy (non-hydrogen) atoms. The van der Waals surface area contributed by atoms with Gasteiger partial charge in [-0.3, -0.25) is 9.89 Å². The van der Waals surface area contributed by atoms with Crippen LogP contribution in [0.2, 0.25) is 0 Å². The second-order valence-corrected chi connectivity index (χ2v) is 14.1. The lowest BCUT2D eigenvalue weighted by Gasteiger charge is -2.31. The molecule has 0 saturated heterocycles. The number of carbonyl (C=O) groups is 2. The van der Waals surface area contributed by atoms with E-state index < -0.39 is 21.7 Å². The molecule has 12 nitrogen and oxygen atoms in total. The maximum Gasteiger partial charge on any atom is 0.511 e. The number of carbonyl (C=O) groups excluding carboxylic acids is 1. The third kappa shape index (κ3) is 9.95. The molecule has 0 spiro atoms. The van der Waals surface area contributed by atoms with E-state index in [0.29, 0.717) is 49.4 Å². The molecule has 2 aromatic rings. The van der Waals surface area contributed by atoms with E-state index >= 15 is 0 Å². The molecule has 1 aliphatic rings. The molecule has 0 unspecified atom stereocenters. The molecule has 232 valence electrons. The number of ether oxygens (including phenoxy) is 2. The van der Waals surface area contributed by atoms with Crippen LogP contribution in [0.25, 0.3) is 0 Å². The molecule has 1 heterocycles. The average molecular weight is 632 g/mol. The van der Waals surface area contributed by atoms with E-state index in [9.17, 15) is 24.5 Å². The predicted molar refractivity (Wildman–Crippen MR) is 172 cm³/mol. The van der Waals surface area contributed by atoms with E-state index in [-0.39, 0.29) is 18.9 Å². The highest BCUT2D eigenvalue weighted by Gasteiger charge is 2.30. The van der Waals surface area contributed by atoms with Gasteiger partial charge in [0.2, 0.25) is 0 Å². The van der Waals surface area contributed by atoms with Crippen LogP contribution >= 0.6 is 23.9 Å². The summed E-state index contributed by atoms with van der Waals surface area (Å²) in [5.74, 6) is 0.669. The molecule has 1 amide bonds. The average Bonchev–Trinajstić information content (AvgIpc) is 3.39. The van der Waals surface area contributed by atoms with E-state index in [1.807, 2.05) is 69.9 Å². The van der Waals surface area contributed by atoms with Crippen molar-refractivity contribution in [3.05, 3.63) is 63.4 Å². The van der Waals surface area contributed by atoms with Gasteiger partial charge in [0.15, 0.2) is 0 Å². The fourth-order valence-corrected chi connectivity index (χ4v) is 5.21. The fraction of sp³-hybridized carbons (Fsp3) is 0.483. The Labute approximate surface area is 259 Å². The number of carboxylic acid groups (broad SMARTS) is 1. The number of amides is 1. The Morgan fingerprint density at radius 3 is 2.30 bits per heavy atom. The lowest BCUT2D eigenvalue weighted by atomic mass is 9.98. The summed E-state index contributed by atoms with van der Waals surface area (Å²) < 4.78 is 15.6. The molecule has 0 fully saturated rings. The lowest BCUT2D eigenvalue weighted by Crippen LogP contribution is -2.41.